The first-order valence-corrected chi connectivity index (χ1v) is 10.3. The van der Waals surface area contributed by atoms with Crippen LogP contribution in [0.2, 0.25) is 0 Å². The van der Waals surface area contributed by atoms with E-state index in [1.165, 1.54) is 13.8 Å². The van der Waals surface area contributed by atoms with E-state index in [1.807, 2.05) is 0 Å². The van der Waals surface area contributed by atoms with E-state index >= 15 is 0 Å². The molecule has 5 atom stereocenters. The van der Waals surface area contributed by atoms with E-state index < -0.39 is 54.5 Å². The number of hydrogen-bond donors (Lipinski definition) is 1. The lowest BCUT2D eigenvalue weighted by Crippen LogP contribution is -2.66. The highest BCUT2D eigenvalue weighted by molar-refractivity contribution is 6.01. The predicted molar refractivity (Wildman–Crippen MR) is 106 cm³/mol. The standard InChI is InChI=1S/C20H28N2O11/c1-10(23)21-17-19(32-13(4)26)18(31-12(3)25)14(9-30-11(2)24)33-20(17)29-8-7-22-15(27)5-6-16(22)28/h14,17-20H,5-9H2,1-4H3,(H,21,23)/t14-,17+,18+,19-,20-/m1/s1. The van der Waals surface area contributed by atoms with Crippen LogP contribution >= 0.6 is 0 Å². The Morgan fingerprint density at radius 3 is 2.03 bits per heavy atom. The average Bonchev–Trinajstić information content (AvgIpc) is 3.01. The van der Waals surface area contributed by atoms with Gasteiger partial charge in [0.05, 0.1) is 13.2 Å². The Kier molecular flexibility index (Phi) is 9.29. The Morgan fingerprint density at radius 2 is 1.52 bits per heavy atom. The summed E-state index contributed by atoms with van der Waals surface area (Å²) in [4.78, 5) is 71.3. The lowest BCUT2D eigenvalue weighted by molar-refractivity contribution is -0.277. The van der Waals surface area contributed by atoms with Gasteiger partial charge in [-0.2, -0.15) is 0 Å². The van der Waals surface area contributed by atoms with Gasteiger partial charge in [0.2, 0.25) is 17.7 Å². The first-order chi connectivity index (χ1) is 15.5. The Bertz CT molecular complexity index is 783. The van der Waals surface area contributed by atoms with E-state index in [2.05, 4.69) is 5.32 Å². The van der Waals surface area contributed by atoms with Gasteiger partial charge < -0.3 is 29.0 Å². The Hall–Kier alpha value is -3.06. The highest BCUT2D eigenvalue weighted by Gasteiger charge is 2.51. The maximum Gasteiger partial charge on any atom is 0.303 e. The van der Waals surface area contributed by atoms with Crippen LogP contribution in [0.4, 0.5) is 0 Å². The molecule has 184 valence electrons. The molecular weight excluding hydrogens is 444 g/mol. The maximum atomic E-state index is 11.8. The van der Waals surface area contributed by atoms with Crippen LogP contribution in [0.15, 0.2) is 0 Å². The Morgan fingerprint density at radius 1 is 0.939 bits per heavy atom. The van der Waals surface area contributed by atoms with Crippen LogP contribution in [0.5, 0.6) is 0 Å². The molecule has 2 rings (SSSR count). The van der Waals surface area contributed by atoms with Crippen molar-refractivity contribution in [3.8, 4) is 0 Å². The fourth-order valence-electron chi connectivity index (χ4n) is 3.57. The van der Waals surface area contributed by atoms with Crippen molar-refractivity contribution < 1.29 is 52.5 Å². The third-order valence-electron chi connectivity index (χ3n) is 4.82. The highest BCUT2D eigenvalue weighted by Crippen LogP contribution is 2.28. The molecule has 0 saturated carbocycles. The molecule has 2 heterocycles. The minimum absolute atomic E-state index is 0.0511. The Balaban J connectivity index is 2.27. The predicted octanol–water partition coefficient (Wildman–Crippen LogP) is -1.19. The number of ether oxygens (including phenoxy) is 5. The number of carbonyl (C=O) groups excluding carboxylic acids is 6. The summed E-state index contributed by atoms with van der Waals surface area (Å²) < 4.78 is 27.2. The van der Waals surface area contributed by atoms with Gasteiger partial charge in [0.25, 0.3) is 0 Å². The molecule has 0 aromatic carbocycles. The molecular formula is C20H28N2O11. The zero-order chi connectivity index (χ0) is 24.7. The van der Waals surface area contributed by atoms with E-state index in [9.17, 15) is 28.8 Å². The lowest BCUT2D eigenvalue weighted by atomic mass is 9.96. The zero-order valence-electron chi connectivity index (χ0n) is 18.9. The zero-order valence-corrected chi connectivity index (χ0v) is 18.9. The minimum Gasteiger partial charge on any atom is -0.463 e. The van der Waals surface area contributed by atoms with Gasteiger partial charge >= 0.3 is 17.9 Å². The number of carbonyl (C=O) groups is 6. The Labute approximate surface area is 190 Å². The molecule has 3 amide bonds. The van der Waals surface area contributed by atoms with Crippen molar-refractivity contribution in [2.45, 2.75) is 71.2 Å². The quantitative estimate of drug-likeness (QED) is 0.244. The molecule has 0 aromatic rings. The van der Waals surface area contributed by atoms with Crippen LogP contribution in [0.25, 0.3) is 0 Å². The molecule has 1 N–H and O–H groups in total. The average molecular weight is 472 g/mol. The van der Waals surface area contributed by atoms with Crippen molar-refractivity contribution in [1.29, 1.82) is 0 Å². The molecule has 13 heteroatoms. The summed E-state index contributed by atoms with van der Waals surface area (Å²) in [7, 11) is 0. The second-order valence-electron chi connectivity index (χ2n) is 7.53. The minimum atomic E-state index is -1.25. The smallest absolute Gasteiger partial charge is 0.303 e. The van der Waals surface area contributed by atoms with Crippen LogP contribution in [-0.4, -0.2) is 90.9 Å². The SMILES string of the molecule is CC(=O)N[C@@H]1[C@H](OCCN2C(=O)CCC2=O)O[C@H](COC(C)=O)[C@H](OC(C)=O)[C@@H]1OC(C)=O. The van der Waals surface area contributed by atoms with Gasteiger partial charge in [-0.15, -0.1) is 0 Å². The van der Waals surface area contributed by atoms with Gasteiger partial charge in [-0.25, -0.2) is 0 Å². The molecule has 0 aromatic heterocycles. The number of imide groups is 1. The van der Waals surface area contributed by atoms with E-state index in [4.69, 9.17) is 23.7 Å². The molecule has 2 saturated heterocycles. The highest BCUT2D eigenvalue weighted by atomic mass is 16.7. The normalized spacial score (nSPS) is 27.2. The van der Waals surface area contributed by atoms with Crippen molar-refractivity contribution in [3.63, 3.8) is 0 Å². The number of hydrogen-bond acceptors (Lipinski definition) is 11. The molecule has 0 unspecified atom stereocenters. The molecule has 2 aliphatic heterocycles. The van der Waals surface area contributed by atoms with Crippen LogP contribution in [0.3, 0.4) is 0 Å². The van der Waals surface area contributed by atoms with Crippen molar-refractivity contribution in [1.82, 2.24) is 10.2 Å². The second kappa shape index (κ2) is 11.7. The number of rotatable bonds is 9. The van der Waals surface area contributed by atoms with Crippen molar-refractivity contribution in [2.75, 3.05) is 19.8 Å². The molecule has 0 spiro atoms. The summed E-state index contributed by atoms with van der Waals surface area (Å²) in [5.74, 6) is -3.25. The van der Waals surface area contributed by atoms with Gasteiger partial charge in [-0.05, 0) is 0 Å². The van der Waals surface area contributed by atoms with E-state index in [-0.39, 0.29) is 44.4 Å². The van der Waals surface area contributed by atoms with Gasteiger partial charge in [-0.3, -0.25) is 33.7 Å². The first kappa shape index (κ1) is 26.2. The summed E-state index contributed by atoms with van der Waals surface area (Å²) in [5.41, 5.74) is 0. The largest absolute Gasteiger partial charge is 0.463 e. The maximum absolute atomic E-state index is 11.8. The van der Waals surface area contributed by atoms with Gasteiger partial charge in [0.15, 0.2) is 18.5 Å². The fourth-order valence-corrected chi connectivity index (χ4v) is 3.57. The lowest BCUT2D eigenvalue weighted by Gasteiger charge is -2.45. The molecule has 2 fully saturated rings. The third-order valence-corrected chi connectivity index (χ3v) is 4.82. The van der Waals surface area contributed by atoms with Gasteiger partial charge in [0, 0.05) is 40.5 Å². The number of nitrogens with one attached hydrogen (secondary N) is 1. The van der Waals surface area contributed by atoms with Crippen LogP contribution in [0, 0.1) is 0 Å². The van der Waals surface area contributed by atoms with Crippen LogP contribution in [0.1, 0.15) is 40.5 Å². The van der Waals surface area contributed by atoms with Crippen molar-refractivity contribution >= 4 is 35.6 Å². The fraction of sp³-hybridized carbons (Fsp3) is 0.700. The first-order valence-electron chi connectivity index (χ1n) is 10.3. The monoisotopic (exact) mass is 472 g/mol. The topological polar surface area (TPSA) is 164 Å². The molecule has 0 bridgehead atoms. The van der Waals surface area contributed by atoms with Crippen molar-refractivity contribution in [3.05, 3.63) is 0 Å². The van der Waals surface area contributed by atoms with E-state index in [0.717, 1.165) is 18.7 Å². The molecule has 33 heavy (non-hydrogen) atoms. The number of likely N-dealkylation sites (tertiary alicyclic amines) is 1. The van der Waals surface area contributed by atoms with Crippen LogP contribution < -0.4 is 5.32 Å². The second-order valence-corrected chi connectivity index (χ2v) is 7.53. The number of esters is 3. The molecule has 0 radical (unpaired) electrons. The van der Waals surface area contributed by atoms with E-state index in [1.54, 1.807) is 0 Å². The summed E-state index contributed by atoms with van der Waals surface area (Å²) in [6.45, 7) is 4.09. The molecule has 0 aliphatic carbocycles. The van der Waals surface area contributed by atoms with E-state index in [0.29, 0.717) is 0 Å². The summed E-state index contributed by atoms with van der Waals surface area (Å²) in [6, 6.07) is -1.12. The van der Waals surface area contributed by atoms with Crippen molar-refractivity contribution in [2.24, 2.45) is 0 Å². The summed E-state index contributed by atoms with van der Waals surface area (Å²) >= 11 is 0. The summed E-state index contributed by atoms with van der Waals surface area (Å²) in [5, 5.41) is 2.56. The van der Waals surface area contributed by atoms with Gasteiger partial charge in [0.1, 0.15) is 18.8 Å². The van der Waals surface area contributed by atoms with Gasteiger partial charge in [-0.1, -0.05) is 0 Å². The molecule has 2 aliphatic rings. The third kappa shape index (κ3) is 7.49. The van der Waals surface area contributed by atoms with Crippen LogP contribution in [-0.2, 0) is 52.5 Å². The summed E-state index contributed by atoms with van der Waals surface area (Å²) in [6.07, 6.45) is -4.59. The number of amides is 3. The molecule has 13 nitrogen and oxygen atoms in total. The number of nitrogens with zero attached hydrogens (tertiary/aromatic N) is 1.